The molecule has 0 atom stereocenters. The molecule has 0 saturated heterocycles. The van der Waals surface area contributed by atoms with Crippen LogP contribution < -0.4 is 14.2 Å². The zero-order valence-electron chi connectivity index (χ0n) is 13.9. The lowest BCUT2D eigenvalue weighted by Gasteiger charge is -2.15. The average molecular weight is 316 g/mol. The molecule has 0 aliphatic rings. The van der Waals surface area contributed by atoms with Gasteiger partial charge in [-0.2, -0.15) is 0 Å². The van der Waals surface area contributed by atoms with Crippen LogP contribution in [0, 0.1) is 6.92 Å². The Labute approximate surface area is 135 Å². The van der Waals surface area contributed by atoms with E-state index >= 15 is 0 Å². The molecule has 0 aliphatic heterocycles. The van der Waals surface area contributed by atoms with E-state index in [0.717, 1.165) is 16.7 Å². The highest BCUT2D eigenvalue weighted by molar-refractivity contribution is 5.93. The third-order valence-electron chi connectivity index (χ3n) is 3.71. The molecule has 2 rings (SSSR count). The minimum Gasteiger partial charge on any atom is -0.496 e. The van der Waals surface area contributed by atoms with E-state index < -0.39 is 5.97 Å². The molecule has 0 saturated carbocycles. The van der Waals surface area contributed by atoms with E-state index in [9.17, 15) is 4.79 Å². The summed E-state index contributed by atoms with van der Waals surface area (Å²) in [6, 6.07) is 9.14. The monoisotopic (exact) mass is 316 g/mol. The normalized spacial score (nSPS) is 10.1. The Morgan fingerprint density at radius 1 is 0.870 bits per heavy atom. The van der Waals surface area contributed by atoms with Crippen molar-refractivity contribution in [1.82, 2.24) is 0 Å². The zero-order chi connectivity index (χ0) is 17.0. The highest BCUT2D eigenvalue weighted by atomic mass is 16.5. The van der Waals surface area contributed by atoms with Crippen molar-refractivity contribution in [2.75, 3.05) is 28.4 Å². The zero-order valence-corrected chi connectivity index (χ0v) is 13.9. The summed E-state index contributed by atoms with van der Waals surface area (Å²) in [6.45, 7) is 1.96. The quantitative estimate of drug-likeness (QED) is 0.791. The van der Waals surface area contributed by atoms with Crippen molar-refractivity contribution in [3.05, 3.63) is 41.5 Å². The third kappa shape index (κ3) is 3.08. The van der Waals surface area contributed by atoms with Gasteiger partial charge >= 0.3 is 5.97 Å². The van der Waals surface area contributed by atoms with Gasteiger partial charge in [-0.05, 0) is 36.2 Å². The number of ether oxygens (including phenoxy) is 4. The summed E-state index contributed by atoms with van der Waals surface area (Å²) in [6.07, 6.45) is 0. The molecule has 0 radical (unpaired) electrons. The molecule has 0 spiro atoms. The highest BCUT2D eigenvalue weighted by Gasteiger charge is 2.17. The van der Waals surface area contributed by atoms with Crippen molar-refractivity contribution in [2.24, 2.45) is 0 Å². The van der Waals surface area contributed by atoms with Crippen LogP contribution in [0.2, 0.25) is 0 Å². The molecule has 0 unspecified atom stereocenters. The Hall–Kier alpha value is -2.69. The second-order valence-electron chi connectivity index (χ2n) is 4.88. The number of carbonyl (C=O) groups excluding carboxylic acids is 1. The predicted molar refractivity (Wildman–Crippen MR) is 87.6 cm³/mol. The SMILES string of the molecule is COC(=O)c1ccc(-c2ccc(OC)c(OC)c2C)cc1OC. The first-order valence-electron chi connectivity index (χ1n) is 7.05. The smallest absolute Gasteiger partial charge is 0.341 e. The van der Waals surface area contributed by atoms with Crippen LogP contribution in [0.15, 0.2) is 30.3 Å². The summed E-state index contributed by atoms with van der Waals surface area (Å²) < 4.78 is 20.8. The number of hydrogen-bond acceptors (Lipinski definition) is 5. The third-order valence-corrected chi connectivity index (χ3v) is 3.71. The highest BCUT2D eigenvalue weighted by Crippen LogP contribution is 2.38. The second kappa shape index (κ2) is 7.05. The van der Waals surface area contributed by atoms with Gasteiger partial charge in [0.25, 0.3) is 0 Å². The molecule has 5 heteroatoms. The Balaban J connectivity index is 2.57. The molecule has 0 amide bonds. The van der Waals surface area contributed by atoms with Crippen LogP contribution in [0.1, 0.15) is 15.9 Å². The van der Waals surface area contributed by atoms with Crippen LogP contribution in [0.3, 0.4) is 0 Å². The predicted octanol–water partition coefficient (Wildman–Crippen LogP) is 3.47. The number of hydrogen-bond donors (Lipinski definition) is 0. The summed E-state index contributed by atoms with van der Waals surface area (Å²) in [5, 5.41) is 0. The Morgan fingerprint density at radius 3 is 2.13 bits per heavy atom. The molecule has 0 aliphatic carbocycles. The molecule has 0 heterocycles. The lowest BCUT2D eigenvalue weighted by atomic mass is 9.97. The van der Waals surface area contributed by atoms with Crippen molar-refractivity contribution in [2.45, 2.75) is 6.92 Å². The Morgan fingerprint density at radius 2 is 1.57 bits per heavy atom. The van der Waals surface area contributed by atoms with Gasteiger partial charge in [0.05, 0.1) is 28.4 Å². The van der Waals surface area contributed by atoms with Gasteiger partial charge in [-0.3, -0.25) is 0 Å². The number of rotatable bonds is 5. The van der Waals surface area contributed by atoms with E-state index in [1.807, 2.05) is 25.1 Å². The fraction of sp³-hybridized carbons (Fsp3) is 0.278. The van der Waals surface area contributed by atoms with Gasteiger partial charge in [-0.1, -0.05) is 12.1 Å². The van der Waals surface area contributed by atoms with Gasteiger partial charge in [0, 0.05) is 5.56 Å². The molecule has 122 valence electrons. The lowest BCUT2D eigenvalue weighted by Crippen LogP contribution is -2.04. The van der Waals surface area contributed by atoms with Gasteiger partial charge in [0.1, 0.15) is 11.3 Å². The minimum atomic E-state index is -0.433. The van der Waals surface area contributed by atoms with Crippen molar-refractivity contribution in [1.29, 1.82) is 0 Å². The fourth-order valence-electron chi connectivity index (χ4n) is 2.53. The van der Waals surface area contributed by atoms with Crippen LogP contribution in [-0.4, -0.2) is 34.4 Å². The molecular weight excluding hydrogens is 296 g/mol. The number of carbonyl (C=O) groups is 1. The first-order chi connectivity index (χ1) is 11.1. The van der Waals surface area contributed by atoms with Crippen LogP contribution in [0.5, 0.6) is 17.2 Å². The van der Waals surface area contributed by atoms with E-state index in [1.54, 1.807) is 26.4 Å². The maximum Gasteiger partial charge on any atom is 0.341 e. The topological polar surface area (TPSA) is 54.0 Å². The summed E-state index contributed by atoms with van der Waals surface area (Å²) in [5.41, 5.74) is 3.21. The molecule has 2 aromatic carbocycles. The molecule has 5 nitrogen and oxygen atoms in total. The Bertz CT molecular complexity index is 722. The number of esters is 1. The van der Waals surface area contributed by atoms with Gasteiger partial charge < -0.3 is 18.9 Å². The van der Waals surface area contributed by atoms with Crippen molar-refractivity contribution in [3.8, 4) is 28.4 Å². The van der Waals surface area contributed by atoms with Crippen molar-refractivity contribution in [3.63, 3.8) is 0 Å². The average Bonchev–Trinajstić information content (AvgIpc) is 2.60. The fourth-order valence-corrected chi connectivity index (χ4v) is 2.53. The van der Waals surface area contributed by atoms with Crippen LogP contribution in [-0.2, 0) is 4.74 Å². The van der Waals surface area contributed by atoms with Gasteiger partial charge in [-0.25, -0.2) is 4.79 Å². The molecule has 0 aromatic heterocycles. The first kappa shape index (κ1) is 16.7. The molecule has 0 fully saturated rings. The summed E-state index contributed by atoms with van der Waals surface area (Å²) in [7, 11) is 6.07. The van der Waals surface area contributed by atoms with Crippen molar-refractivity contribution >= 4 is 5.97 Å². The number of benzene rings is 2. The van der Waals surface area contributed by atoms with E-state index in [4.69, 9.17) is 18.9 Å². The molecule has 23 heavy (non-hydrogen) atoms. The molecule has 0 N–H and O–H groups in total. The largest absolute Gasteiger partial charge is 0.496 e. The van der Waals surface area contributed by atoms with Gasteiger partial charge in [0.2, 0.25) is 0 Å². The lowest BCUT2D eigenvalue weighted by molar-refractivity contribution is 0.0597. The van der Waals surface area contributed by atoms with Crippen molar-refractivity contribution < 1.29 is 23.7 Å². The van der Waals surface area contributed by atoms with E-state index in [2.05, 4.69) is 0 Å². The maximum atomic E-state index is 11.8. The molecular formula is C18H20O5. The van der Waals surface area contributed by atoms with Gasteiger partial charge in [-0.15, -0.1) is 0 Å². The van der Waals surface area contributed by atoms with Gasteiger partial charge in [0.15, 0.2) is 11.5 Å². The minimum absolute atomic E-state index is 0.386. The van der Waals surface area contributed by atoms with Crippen LogP contribution >= 0.6 is 0 Å². The van der Waals surface area contributed by atoms with Crippen LogP contribution in [0.4, 0.5) is 0 Å². The summed E-state index contributed by atoms with van der Waals surface area (Å²) in [5.74, 6) is 1.38. The second-order valence-corrected chi connectivity index (χ2v) is 4.88. The standard InChI is InChI=1S/C18H20O5/c1-11-13(8-9-15(20-2)17(11)22-4)12-6-7-14(18(19)23-5)16(10-12)21-3/h6-10H,1-5H3. The summed E-state index contributed by atoms with van der Waals surface area (Å²) >= 11 is 0. The van der Waals surface area contributed by atoms with E-state index in [0.29, 0.717) is 22.8 Å². The van der Waals surface area contributed by atoms with E-state index in [-0.39, 0.29) is 0 Å². The molecule has 2 aromatic rings. The summed E-state index contributed by atoms with van der Waals surface area (Å²) in [4.78, 5) is 11.8. The van der Waals surface area contributed by atoms with E-state index in [1.165, 1.54) is 14.2 Å². The molecule has 0 bridgehead atoms. The first-order valence-corrected chi connectivity index (χ1v) is 7.05. The Kier molecular flexibility index (Phi) is 5.11. The van der Waals surface area contributed by atoms with Crippen LogP contribution in [0.25, 0.3) is 11.1 Å². The number of methoxy groups -OCH3 is 4. The maximum absolute atomic E-state index is 11.8.